The van der Waals surface area contributed by atoms with Crippen LogP contribution in [0.1, 0.15) is 26.7 Å². The number of nitrogens with two attached hydrogens (primary N) is 1. The lowest BCUT2D eigenvalue weighted by molar-refractivity contribution is 0.348. The first-order valence-electron chi connectivity index (χ1n) is 7.37. The molecule has 0 aliphatic rings. The highest BCUT2D eigenvalue weighted by Gasteiger charge is 2.34. The third-order valence-electron chi connectivity index (χ3n) is 4.03. The van der Waals surface area contributed by atoms with Crippen LogP contribution in [-0.2, 0) is 10.0 Å². The molecule has 7 nitrogen and oxygen atoms in total. The number of hydrogen-bond acceptors (Lipinski definition) is 6. The van der Waals surface area contributed by atoms with E-state index in [1.807, 2.05) is 13.8 Å². The highest BCUT2D eigenvalue weighted by Crippen LogP contribution is 2.38. The molecular weight excluding hydrogens is 356 g/mol. The lowest BCUT2D eigenvalue weighted by Gasteiger charge is -2.31. The number of ether oxygens (including phenoxy) is 3. The highest BCUT2D eigenvalue weighted by atomic mass is 35.5. The van der Waals surface area contributed by atoms with Gasteiger partial charge in [0, 0.05) is 24.2 Å². The Kier molecular flexibility index (Phi) is 8.84. The van der Waals surface area contributed by atoms with E-state index in [1.165, 1.54) is 33.5 Å². The molecule has 0 aromatic heterocycles. The minimum absolute atomic E-state index is 0. The molecule has 0 saturated carbocycles. The topological polar surface area (TPSA) is 99.9 Å². The Bertz CT molecular complexity index is 599. The number of halogens is 1. The molecule has 1 aromatic rings. The molecule has 0 unspecified atom stereocenters. The van der Waals surface area contributed by atoms with Gasteiger partial charge in [-0.2, -0.15) is 0 Å². The lowest BCUT2D eigenvalue weighted by Crippen LogP contribution is -2.52. The Labute approximate surface area is 150 Å². The summed E-state index contributed by atoms with van der Waals surface area (Å²) in [7, 11) is 0.364. The average molecular weight is 383 g/mol. The molecule has 140 valence electrons. The summed E-state index contributed by atoms with van der Waals surface area (Å²) in [6.45, 7) is 3.97. The van der Waals surface area contributed by atoms with E-state index in [1.54, 1.807) is 0 Å². The summed E-state index contributed by atoms with van der Waals surface area (Å²) in [5, 5.41) is 0. The minimum atomic E-state index is -3.90. The number of hydrogen-bond donors (Lipinski definition) is 2. The predicted octanol–water partition coefficient (Wildman–Crippen LogP) is 1.93. The van der Waals surface area contributed by atoms with Gasteiger partial charge in [-0.25, -0.2) is 13.1 Å². The second-order valence-corrected chi connectivity index (χ2v) is 6.78. The van der Waals surface area contributed by atoms with Crippen molar-refractivity contribution >= 4 is 22.4 Å². The zero-order chi connectivity index (χ0) is 17.7. The molecule has 3 N–H and O–H groups in total. The molecule has 24 heavy (non-hydrogen) atoms. The second kappa shape index (κ2) is 9.31. The normalized spacial score (nSPS) is 11.6. The fourth-order valence-electron chi connectivity index (χ4n) is 2.30. The maximum absolute atomic E-state index is 12.9. The summed E-state index contributed by atoms with van der Waals surface area (Å²) in [6.07, 6.45) is 1.14. The van der Waals surface area contributed by atoms with Crippen LogP contribution >= 0.6 is 12.4 Å². The standard InChI is InChI=1S/C15H26N2O5S.ClH/c1-6-15(7-2,10-16)17-23(18,19)14-12(21-4)8-11(20-3)9-13(14)22-5;/h8-9,17H,6-7,10,16H2,1-5H3;1H. The van der Waals surface area contributed by atoms with Crippen molar-refractivity contribution in [3.05, 3.63) is 12.1 Å². The van der Waals surface area contributed by atoms with Gasteiger partial charge in [0.2, 0.25) is 10.0 Å². The van der Waals surface area contributed by atoms with Crippen molar-refractivity contribution in [2.24, 2.45) is 5.73 Å². The van der Waals surface area contributed by atoms with Crippen LogP contribution in [0.3, 0.4) is 0 Å². The molecule has 0 saturated heterocycles. The molecule has 1 aromatic carbocycles. The maximum atomic E-state index is 12.9. The quantitative estimate of drug-likeness (QED) is 0.676. The SMILES string of the molecule is CCC(CC)(CN)NS(=O)(=O)c1c(OC)cc(OC)cc1OC.Cl. The Morgan fingerprint density at radius 3 is 1.79 bits per heavy atom. The van der Waals surface area contributed by atoms with Gasteiger partial charge in [-0.1, -0.05) is 13.8 Å². The van der Waals surface area contributed by atoms with Crippen molar-refractivity contribution in [3.8, 4) is 17.2 Å². The van der Waals surface area contributed by atoms with Crippen molar-refractivity contribution in [3.63, 3.8) is 0 Å². The third kappa shape index (κ3) is 4.66. The van der Waals surface area contributed by atoms with E-state index >= 15 is 0 Å². The summed E-state index contributed by atoms with van der Waals surface area (Å²) < 4.78 is 44.1. The smallest absolute Gasteiger partial charge is 0.248 e. The average Bonchev–Trinajstić information content (AvgIpc) is 2.58. The van der Waals surface area contributed by atoms with Crippen LogP contribution in [0.2, 0.25) is 0 Å². The molecule has 0 spiro atoms. The first kappa shape index (κ1) is 22.8. The number of methoxy groups -OCH3 is 3. The van der Waals surface area contributed by atoms with E-state index in [-0.39, 0.29) is 35.3 Å². The fourth-order valence-corrected chi connectivity index (χ4v) is 4.16. The lowest BCUT2D eigenvalue weighted by atomic mass is 9.95. The fraction of sp³-hybridized carbons (Fsp3) is 0.600. The molecule has 0 atom stereocenters. The highest BCUT2D eigenvalue weighted by molar-refractivity contribution is 7.89. The van der Waals surface area contributed by atoms with E-state index in [2.05, 4.69) is 4.72 Å². The first-order chi connectivity index (χ1) is 10.8. The van der Waals surface area contributed by atoms with Gasteiger partial charge in [-0.3, -0.25) is 0 Å². The molecule has 0 aliphatic carbocycles. The number of benzene rings is 1. The molecule has 0 amide bonds. The molecule has 9 heteroatoms. The Balaban J connectivity index is 0.00000529. The summed E-state index contributed by atoms with van der Waals surface area (Å²) >= 11 is 0. The van der Waals surface area contributed by atoms with Crippen LogP contribution in [0.15, 0.2) is 17.0 Å². The molecule has 0 fully saturated rings. The van der Waals surface area contributed by atoms with Gasteiger partial charge in [0.15, 0.2) is 4.90 Å². The van der Waals surface area contributed by atoms with Gasteiger partial charge in [-0.15, -0.1) is 12.4 Å². The van der Waals surface area contributed by atoms with E-state index in [0.717, 1.165) is 0 Å². The van der Waals surface area contributed by atoms with Crippen LogP contribution in [0.5, 0.6) is 17.2 Å². The van der Waals surface area contributed by atoms with Gasteiger partial charge in [0.05, 0.1) is 21.3 Å². The van der Waals surface area contributed by atoms with Crippen molar-refractivity contribution in [1.29, 1.82) is 0 Å². The predicted molar refractivity (Wildman–Crippen MR) is 96.0 cm³/mol. The summed E-state index contributed by atoms with van der Waals surface area (Å²) in [4.78, 5) is -0.0666. The van der Waals surface area contributed by atoms with E-state index in [9.17, 15) is 8.42 Å². The van der Waals surface area contributed by atoms with Gasteiger partial charge < -0.3 is 19.9 Å². The summed E-state index contributed by atoms with van der Waals surface area (Å²) in [5.74, 6) is 0.729. The summed E-state index contributed by atoms with van der Waals surface area (Å²) in [5.41, 5.74) is 5.08. The summed E-state index contributed by atoms with van der Waals surface area (Å²) in [6, 6.07) is 3.00. The molecule has 0 aliphatic heterocycles. The monoisotopic (exact) mass is 382 g/mol. The van der Waals surface area contributed by atoms with E-state index < -0.39 is 15.6 Å². The second-order valence-electron chi connectivity index (χ2n) is 5.16. The van der Waals surface area contributed by atoms with Crippen LogP contribution in [0.4, 0.5) is 0 Å². The largest absolute Gasteiger partial charge is 0.496 e. The zero-order valence-corrected chi connectivity index (χ0v) is 16.3. The minimum Gasteiger partial charge on any atom is -0.496 e. The molecule has 1 rings (SSSR count). The van der Waals surface area contributed by atoms with Gasteiger partial charge in [0.25, 0.3) is 0 Å². The number of sulfonamides is 1. The van der Waals surface area contributed by atoms with E-state index in [4.69, 9.17) is 19.9 Å². The zero-order valence-electron chi connectivity index (χ0n) is 14.7. The van der Waals surface area contributed by atoms with Crippen molar-refractivity contribution in [2.45, 2.75) is 37.1 Å². The van der Waals surface area contributed by atoms with Crippen LogP contribution in [0, 0.1) is 0 Å². The molecular formula is C15H27ClN2O5S. The first-order valence-corrected chi connectivity index (χ1v) is 8.85. The van der Waals surface area contributed by atoms with Crippen molar-refractivity contribution in [2.75, 3.05) is 27.9 Å². The van der Waals surface area contributed by atoms with E-state index in [0.29, 0.717) is 18.6 Å². The van der Waals surface area contributed by atoms with Crippen molar-refractivity contribution < 1.29 is 22.6 Å². The maximum Gasteiger partial charge on any atom is 0.248 e. The van der Waals surface area contributed by atoms with Crippen LogP contribution in [0.25, 0.3) is 0 Å². The van der Waals surface area contributed by atoms with Gasteiger partial charge in [-0.05, 0) is 12.8 Å². The Hall–Kier alpha value is -1.22. The Morgan fingerprint density at radius 2 is 1.50 bits per heavy atom. The van der Waals surface area contributed by atoms with Crippen LogP contribution < -0.4 is 24.7 Å². The van der Waals surface area contributed by atoms with Crippen molar-refractivity contribution in [1.82, 2.24) is 4.72 Å². The van der Waals surface area contributed by atoms with Gasteiger partial charge >= 0.3 is 0 Å². The molecule has 0 bridgehead atoms. The number of rotatable bonds is 9. The van der Waals surface area contributed by atoms with Crippen LogP contribution in [-0.4, -0.2) is 41.8 Å². The molecule has 0 radical (unpaired) electrons. The van der Waals surface area contributed by atoms with Gasteiger partial charge in [0.1, 0.15) is 17.2 Å². The Morgan fingerprint density at radius 1 is 1.04 bits per heavy atom. The third-order valence-corrected chi connectivity index (χ3v) is 5.68. The molecule has 0 heterocycles. The number of nitrogens with one attached hydrogen (secondary N) is 1.